The highest BCUT2D eigenvalue weighted by Crippen LogP contribution is 2.68. The molecule has 4 fully saturated rings. The van der Waals surface area contributed by atoms with Crippen LogP contribution in [0.2, 0.25) is 0 Å². The van der Waals surface area contributed by atoms with Crippen molar-refractivity contribution < 1.29 is 5.11 Å². The van der Waals surface area contributed by atoms with Gasteiger partial charge in [-0.15, -0.1) is 0 Å². The first-order chi connectivity index (χ1) is 13.2. The number of fused-ring (bicyclic) bond motifs is 5. The number of aliphatic hydroxyl groups is 1. The molecule has 0 aliphatic heterocycles. The summed E-state index contributed by atoms with van der Waals surface area (Å²) in [5.74, 6) is 5.58. The Morgan fingerprint density at radius 2 is 1.57 bits per heavy atom. The Balaban J connectivity index is 1.43. The lowest BCUT2D eigenvalue weighted by molar-refractivity contribution is -0.146. The lowest BCUT2D eigenvalue weighted by Crippen LogP contribution is -2.55. The summed E-state index contributed by atoms with van der Waals surface area (Å²) in [5, 5.41) is 10.7. The summed E-state index contributed by atoms with van der Waals surface area (Å²) in [4.78, 5) is 0. The van der Waals surface area contributed by atoms with Crippen molar-refractivity contribution in [2.45, 2.75) is 124 Å². The van der Waals surface area contributed by atoms with Gasteiger partial charge in [-0.2, -0.15) is 0 Å². The average Bonchev–Trinajstić information content (AvgIpc) is 2.95. The molecule has 1 nitrogen and oxygen atoms in total. The highest BCUT2D eigenvalue weighted by atomic mass is 16.3. The zero-order valence-corrected chi connectivity index (χ0v) is 19.6. The van der Waals surface area contributed by atoms with Crippen LogP contribution in [0.25, 0.3) is 0 Å². The van der Waals surface area contributed by atoms with Crippen molar-refractivity contribution in [2.75, 3.05) is 0 Å². The zero-order chi connectivity index (χ0) is 20.2. The molecule has 4 aliphatic carbocycles. The molecule has 4 rings (SSSR count). The van der Waals surface area contributed by atoms with Crippen molar-refractivity contribution in [3.63, 3.8) is 0 Å². The lowest BCUT2D eigenvalue weighted by atomic mass is 9.44. The summed E-state index contributed by atoms with van der Waals surface area (Å²) >= 11 is 0. The van der Waals surface area contributed by atoms with E-state index in [9.17, 15) is 5.11 Å². The summed E-state index contributed by atoms with van der Waals surface area (Å²) < 4.78 is 0. The van der Waals surface area contributed by atoms with Crippen molar-refractivity contribution in [2.24, 2.45) is 46.3 Å². The molecule has 0 radical (unpaired) electrons. The van der Waals surface area contributed by atoms with Crippen LogP contribution in [0.4, 0.5) is 0 Å². The Hall–Kier alpha value is -0.0400. The lowest BCUT2D eigenvalue weighted by Gasteiger charge is -2.62. The standard InChI is InChI=1S/C27H48O/c1-19(2)8-6-7-9-20-11-13-23-22-12-10-21-18-25(3,28)16-17-27(21,5)24(22)14-15-26(20,23)4/h19-24,28H,6-18H2,1-5H3/t20?,21?,22?,23?,24?,25-,26?,27?/m0/s1. The van der Waals surface area contributed by atoms with Crippen molar-refractivity contribution in [3.8, 4) is 0 Å². The van der Waals surface area contributed by atoms with Crippen LogP contribution >= 0.6 is 0 Å². The molecule has 4 saturated carbocycles. The van der Waals surface area contributed by atoms with E-state index in [1.807, 2.05) is 0 Å². The van der Waals surface area contributed by atoms with Crippen LogP contribution in [0.3, 0.4) is 0 Å². The maximum Gasteiger partial charge on any atom is 0.0622 e. The Morgan fingerprint density at radius 3 is 2.32 bits per heavy atom. The van der Waals surface area contributed by atoms with Gasteiger partial charge in [0.2, 0.25) is 0 Å². The largest absolute Gasteiger partial charge is 0.390 e. The van der Waals surface area contributed by atoms with Gasteiger partial charge in [0.05, 0.1) is 5.60 Å². The first-order valence-electron chi connectivity index (χ1n) is 12.9. The van der Waals surface area contributed by atoms with Gasteiger partial charge in [-0.3, -0.25) is 0 Å². The maximum absolute atomic E-state index is 10.7. The number of rotatable bonds is 5. The molecule has 1 heteroatoms. The highest BCUT2D eigenvalue weighted by molar-refractivity contribution is 5.10. The molecule has 4 aliphatic rings. The van der Waals surface area contributed by atoms with E-state index in [2.05, 4.69) is 34.6 Å². The van der Waals surface area contributed by atoms with Gasteiger partial charge in [0.15, 0.2) is 0 Å². The van der Waals surface area contributed by atoms with Crippen LogP contribution in [0.15, 0.2) is 0 Å². The van der Waals surface area contributed by atoms with Gasteiger partial charge in [-0.05, 0) is 117 Å². The number of unbranched alkanes of at least 4 members (excludes halogenated alkanes) is 1. The zero-order valence-electron chi connectivity index (χ0n) is 19.6. The molecule has 0 aromatic rings. The van der Waals surface area contributed by atoms with Crippen molar-refractivity contribution in [1.82, 2.24) is 0 Å². The van der Waals surface area contributed by atoms with E-state index in [0.29, 0.717) is 10.8 Å². The summed E-state index contributed by atoms with van der Waals surface area (Å²) in [5.41, 5.74) is 0.763. The van der Waals surface area contributed by atoms with Crippen molar-refractivity contribution in [1.29, 1.82) is 0 Å². The number of hydrogen-bond donors (Lipinski definition) is 1. The van der Waals surface area contributed by atoms with Crippen LogP contribution in [0.5, 0.6) is 0 Å². The normalized spacial score (nSPS) is 50.9. The average molecular weight is 389 g/mol. The second-order valence-corrected chi connectivity index (χ2v) is 12.9. The second-order valence-electron chi connectivity index (χ2n) is 12.9. The second kappa shape index (κ2) is 7.58. The van der Waals surface area contributed by atoms with E-state index < -0.39 is 5.60 Å². The van der Waals surface area contributed by atoms with Gasteiger partial charge in [0.1, 0.15) is 0 Å². The quantitative estimate of drug-likeness (QED) is 0.480. The minimum atomic E-state index is -0.394. The summed E-state index contributed by atoms with van der Waals surface area (Å²) in [7, 11) is 0. The topological polar surface area (TPSA) is 20.2 Å². The molecule has 7 unspecified atom stereocenters. The molecule has 0 spiro atoms. The molecular weight excluding hydrogens is 340 g/mol. The van der Waals surface area contributed by atoms with Gasteiger partial charge in [0.25, 0.3) is 0 Å². The first-order valence-corrected chi connectivity index (χ1v) is 12.9. The van der Waals surface area contributed by atoms with E-state index in [0.717, 1.165) is 48.3 Å². The Bertz CT molecular complexity index is 550. The predicted octanol–water partition coefficient (Wildman–Crippen LogP) is 7.61. The van der Waals surface area contributed by atoms with Gasteiger partial charge in [-0.1, -0.05) is 47.0 Å². The fraction of sp³-hybridized carbons (Fsp3) is 1.00. The molecule has 162 valence electrons. The van der Waals surface area contributed by atoms with Gasteiger partial charge < -0.3 is 5.11 Å². The molecule has 0 bridgehead atoms. The van der Waals surface area contributed by atoms with E-state index in [1.165, 1.54) is 70.6 Å². The molecule has 8 atom stereocenters. The molecule has 0 aromatic carbocycles. The third-order valence-electron chi connectivity index (χ3n) is 10.7. The van der Waals surface area contributed by atoms with Crippen molar-refractivity contribution >= 4 is 0 Å². The van der Waals surface area contributed by atoms with Crippen LogP contribution < -0.4 is 0 Å². The molecule has 1 N–H and O–H groups in total. The third-order valence-corrected chi connectivity index (χ3v) is 10.7. The Labute approximate surface area is 175 Å². The van der Waals surface area contributed by atoms with Crippen LogP contribution in [-0.4, -0.2) is 10.7 Å². The van der Waals surface area contributed by atoms with Gasteiger partial charge in [0, 0.05) is 0 Å². The Kier molecular flexibility index (Phi) is 5.74. The number of hydrogen-bond acceptors (Lipinski definition) is 1. The van der Waals surface area contributed by atoms with E-state index in [4.69, 9.17) is 0 Å². The predicted molar refractivity (Wildman–Crippen MR) is 119 cm³/mol. The summed E-state index contributed by atoms with van der Waals surface area (Å²) in [6.07, 6.45) is 18.1. The SMILES string of the molecule is CC(C)CCCCC1CCC2C3CCC4C[C@@](C)(O)CCC4(C)C3CCC12C. The fourth-order valence-corrected chi connectivity index (χ4v) is 8.96. The van der Waals surface area contributed by atoms with Gasteiger partial charge in [-0.25, -0.2) is 0 Å². The van der Waals surface area contributed by atoms with E-state index in [1.54, 1.807) is 0 Å². The summed E-state index contributed by atoms with van der Waals surface area (Å²) in [6, 6.07) is 0. The molecule has 0 saturated heterocycles. The van der Waals surface area contributed by atoms with Crippen molar-refractivity contribution in [3.05, 3.63) is 0 Å². The summed E-state index contributed by atoms with van der Waals surface area (Å²) in [6.45, 7) is 12.2. The smallest absolute Gasteiger partial charge is 0.0622 e. The monoisotopic (exact) mass is 388 g/mol. The van der Waals surface area contributed by atoms with Crippen LogP contribution in [0.1, 0.15) is 118 Å². The molecular formula is C27H48O. The molecule has 28 heavy (non-hydrogen) atoms. The fourth-order valence-electron chi connectivity index (χ4n) is 8.96. The minimum absolute atomic E-state index is 0.394. The third kappa shape index (κ3) is 3.61. The Morgan fingerprint density at radius 1 is 0.821 bits per heavy atom. The van der Waals surface area contributed by atoms with E-state index in [-0.39, 0.29) is 0 Å². The van der Waals surface area contributed by atoms with E-state index >= 15 is 0 Å². The maximum atomic E-state index is 10.7. The first kappa shape index (κ1) is 21.2. The van der Waals surface area contributed by atoms with Crippen LogP contribution in [0, 0.1) is 46.3 Å². The van der Waals surface area contributed by atoms with Crippen LogP contribution in [-0.2, 0) is 0 Å². The molecule has 0 heterocycles. The minimum Gasteiger partial charge on any atom is -0.390 e. The molecule has 0 aromatic heterocycles. The van der Waals surface area contributed by atoms with Gasteiger partial charge >= 0.3 is 0 Å². The molecule has 0 amide bonds. The highest BCUT2D eigenvalue weighted by Gasteiger charge is 2.60.